The molecule has 1 aromatic carbocycles. The second kappa shape index (κ2) is 3.89. The van der Waals surface area contributed by atoms with Crippen LogP contribution in [0.3, 0.4) is 0 Å². The van der Waals surface area contributed by atoms with E-state index >= 15 is 0 Å². The molecule has 0 radical (unpaired) electrons. The highest BCUT2D eigenvalue weighted by Crippen LogP contribution is 2.43. The molecule has 0 aromatic heterocycles. The molecular formula is C10H11BF3O-. The van der Waals surface area contributed by atoms with Crippen molar-refractivity contribution in [2.75, 3.05) is 13.2 Å². The van der Waals surface area contributed by atoms with E-state index in [2.05, 4.69) is 0 Å². The van der Waals surface area contributed by atoms with Crippen molar-refractivity contribution < 1.29 is 17.7 Å². The molecule has 0 spiro atoms. The van der Waals surface area contributed by atoms with Gasteiger partial charge in [0.25, 0.3) is 0 Å². The highest BCUT2D eigenvalue weighted by atomic mass is 19.4. The van der Waals surface area contributed by atoms with E-state index in [1.54, 1.807) is 30.3 Å². The molecule has 0 bridgehead atoms. The fourth-order valence-electron chi connectivity index (χ4n) is 1.99. The molecule has 1 aromatic rings. The lowest BCUT2D eigenvalue weighted by Crippen LogP contribution is -2.28. The third-order valence-corrected chi connectivity index (χ3v) is 2.84. The van der Waals surface area contributed by atoms with Gasteiger partial charge in [-0.15, -0.1) is 0 Å². The van der Waals surface area contributed by atoms with Gasteiger partial charge in [0.2, 0.25) is 0 Å². The quantitative estimate of drug-likeness (QED) is 0.689. The van der Waals surface area contributed by atoms with Crippen molar-refractivity contribution in [3.8, 4) is 0 Å². The minimum Gasteiger partial charge on any atom is -0.449 e. The van der Waals surface area contributed by atoms with E-state index in [1.807, 2.05) is 0 Å². The molecule has 1 aliphatic heterocycles. The van der Waals surface area contributed by atoms with Crippen molar-refractivity contribution in [2.45, 2.75) is 11.7 Å². The smallest absolute Gasteiger partial charge is 0.449 e. The Balaban J connectivity index is 2.23. The lowest BCUT2D eigenvalue weighted by molar-refractivity contribution is 0.191. The summed E-state index contributed by atoms with van der Waals surface area (Å²) in [5.41, 5.74) is 0.721. The predicted molar refractivity (Wildman–Crippen MR) is 52.8 cm³/mol. The van der Waals surface area contributed by atoms with Gasteiger partial charge in [-0.05, 0) is 17.3 Å². The summed E-state index contributed by atoms with van der Waals surface area (Å²) in [6.07, 6.45) is 0. The summed E-state index contributed by atoms with van der Waals surface area (Å²) in [4.78, 5) is 0. The molecule has 2 atom stereocenters. The van der Waals surface area contributed by atoms with Crippen LogP contribution in [0.1, 0.15) is 11.5 Å². The minimum atomic E-state index is -4.81. The summed E-state index contributed by atoms with van der Waals surface area (Å²) in [5.74, 6) is -1.82. The molecule has 15 heavy (non-hydrogen) atoms. The number of rotatable bonds is 2. The van der Waals surface area contributed by atoms with Gasteiger partial charge in [-0.1, -0.05) is 30.3 Å². The Morgan fingerprint density at radius 3 is 2.33 bits per heavy atom. The zero-order valence-electron chi connectivity index (χ0n) is 8.08. The molecule has 0 amide bonds. The normalized spacial score (nSPS) is 26.9. The Morgan fingerprint density at radius 1 is 1.07 bits per heavy atom. The van der Waals surface area contributed by atoms with Gasteiger partial charge in [0.05, 0.1) is 6.61 Å². The monoisotopic (exact) mass is 215 g/mol. The van der Waals surface area contributed by atoms with Crippen LogP contribution in [0.2, 0.25) is 5.82 Å². The van der Waals surface area contributed by atoms with Gasteiger partial charge in [-0.3, -0.25) is 0 Å². The molecule has 0 N–H and O–H groups in total. The number of hydrogen-bond donors (Lipinski definition) is 0. The summed E-state index contributed by atoms with van der Waals surface area (Å²) in [6.45, 7) is -4.83. The molecule has 0 aliphatic carbocycles. The number of hydrogen-bond acceptors (Lipinski definition) is 1. The maximum Gasteiger partial charge on any atom is 0.484 e. The molecule has 2 rings (SSSR count). The largest absolute Gasteiger partial charge is 0.484 e. The first-order chi connectivity index (χ1) is 7.09. The maximum absolute atomic E-state index is 12.7. The predicted octanol–water partition coefficient (Wildman–Crippen LogP) is 3.02. The standard InChI is InChI=1S/C10H11BF3O/c12-11(13,14)10-7-15-6-9(10)8-4-2-1-3-5-8/h1-5,9-10H,6-7H2/q-1. The Hall–Kier alpha value is -0.965. The number of benzene rings is 1. The lowest BCUT2D eigenvalue weighted by atomic mass is 9.65. The summed E-state index contributed by atoms with van der Waals surface area (Å²) in [5, 5.41) is 0. The van der Waals surface area contributed by atoms with E-state index in [9.17, 15) is 12.9 Å². The van der Waals surface area contributed by atoms with Crippen molar-refractivity contribution in [3.05, 3.63) is 35.9 Å². The molecule has 1 heterocycles. The number of halogens is 3. The molecule has 2 unspecified atom stereocenters. The second-order valence-electron chi connectivity index (χ2n) is 3.84. The van der Waals surface area contributed by atoms with Gasteiger partial charge in [0.15, 0.2) is 0 Å². The van der Waals surface area contributed by atoms with Crippen LogP contribution in [-0.2, 0) is 4.74 Å². The van der Waals surface area contributed by atoms with Crippen molar-refractivity contribution in [1.82, 2.24) is 0 Å². The fourth-order valence-corrected chi connectivity index (χ4v) is 1.99. The van der Waals surface area contributed by atoms with Crippen LogP contribution in [0.15, 0.2) is 30.3 Å². The first-order valence-corrected chi connectivity index (χ1v) is 4.91. The van der Waals surface area contributed by atoms with E-state index < -0.39 is 18.7 Å². The van der Waals surface area contributed by atoms with Crippen LogP contribution in [0.25, 0.3) is 0 Å². The van der Waals surface area contributed by atoms with Crippen LogP contribution < -0.4 is 0 Å². The third-order valence-electron chi connectivity index (χ3n) is 2.84. The Morgan fingerprint density at radius 2 is 1.73 bits per heavy atom. The van der Waals surface area contributed by atoms with Crippen molar-refractivity contribution in [1.29, 1.82) is 0 Å². The van der Waals surface area contributed by atoms with Gasteiger partial charge < -0.3 is 17.7 Å². The van der Waals surface area contributed by atoms with E-state index in [-0.39, 0.29) is 13.2 Å². The maximum atomic E-state index is 12.7. The van der Waals surface area contributed by atoms with Gasteiger partial charge in [-0.2, -0.15) is 0 Å². The van der Waals surface area contributed by atoms with Crippen LogP contribution in [0.5, 0.6) is 0 Å². The average molecular weight is 215 g/mol. The Kier molecular flexibility index (Phi) is 2.73. The molecule has 1 saturated heterocycles. The van der Waals surface area contributed by atoms with Gasteiger partial charge in [0.1, 0.15) is 0 Å². The first-order valence-electron chi connectivity index (χ1n) is 4.91. The molecule has 82 valence electrons. The van der Waals surface area contributed by atoms with Gasteiger partial charge in [0, 0.05) is 6.61 Å². The van der Waals surface area contributed by atoms with Crippen LogP contribution in [-0.4, -0.2) is 20.2 Å². The molecule has 1 aliphatic rings. The van der Waals surface area contributed by atoms with E-state index in [1.165, 1.54) is 0 Å². The van der Waals surface area contributed by atoms with E-state index in [0.717, 1.165) is 5.56 Å². The summed E-state index contributed by atoms with van der Waals surface area (Å²) in [6, 6.07) is 8.78. The van der Waals surface area contributed by atoms with Crippen molar-refractivity contribution in [3.63, 3.8) is 0 Å². The molecule has 5 heteroatoms. The van der Waals surface area contributed by atoms with Crippen molar-refractivity contribution >= 4 is 6.98 Å². The number of ether oxygens (including phenoxy) is 1. The minimum absolute atomic E-state index is 0.177. The highest BCUT2D eigenvalue weighted by molar-refractivity contribution is 6.60. The van der Waals surface area contributed by atoms with Crippen molar-refractivity contribution in [2.24, 2.45) is 0 Å². The van der Waals surface area contributed by atoms with Crippen LogP contribution >= 0.6 is 0 Å². The molecule has 0 saturated carbocycles. The zero-order valence-corrected chi connectivity index (χ0v) is 8.08. The van der Waals surface area contributed by atoms with E-state index in [4.69, 9.17) is 4.74 Å². The SMILES string of the molecule is F[B-](F)(F)C1COCC1c1ccccc1. The molecule has 1 fully saturated rings. The summed E-state index contributed by atoms with van der Waals surface area (Å²) < 4.78 is 43.0. The Labute approximate surface area is 86.3 Å². The second-order valence-corrected chi connectivity index (χ2v) is 3.84. The van der Waals surface area contributed by atoms with E-state index in [0.29, 0.717) is 0 Å². The summed E-state index contributed by atoms with van der Waals surface area (Å²) in [7, 11) is 0. The Bertz CT molecular complexity index is 325. The fraction of sp³-hybridized carbons (Fsp3) is 0.400. The highest BCUT2D eigenvalue weighted by Gasteiger charge is 2.43. The van der Waals surface area contributed by atoms with Crippen LogP contribution in [0.4, 0.5) is 12.9 Å². The molecule has 1 nitrogen and oxygen atoms in total. The third kappa shape index (κ3) is 2.17. The summed E-state index contributed by atoms with van der Waals surface area (Å²) >= 11 is 0. The first kappa shape index (κ1) is 10.5. The zero-order chi connectivity index (χ0) is 10.9. The van der Waals surface area contributed by atoms with Gasteiger partial charge in [-0.25, -0.2) is 0 Å². The van der Waals surface area contributed by atoms with Crippen LogP contribution in [0, 0.1) is 0 Å². The topological polar surface area (TPSA) is 9.23 Å². The lowest BCUT2D eigenvalue weighted by Gasteiger charge is -2.26. The molecular weight excluding hydrogens is 204 g/mol. The van der Waals surface area contributed by atoms with Gasteiger partial charge >= 0.3 is 6.98 Å². The average Bonchev–Trinajstić information content (AvgIpc) is 2.67.